The predicted octanol–water partition coefficient (Wildman–Crippen LogP) is 8.99. The second kappa shape index (κ2) is 22.6. The number of allylic oxidation sites excluding steroid dienone is 2. The maximum Gasteiger partial charge on any atom is 0.159 e. The van der Waals surface area contributed by atoms with Crippen molar-refractivity contribution < 1.29 is 37.3 Å². The topological polar surface area (TPSA) is 153 Å². The Labute approximate surface area is 422 Å². The Morgan fingerprint density at radius 3 is 1.53 bits per heavy atom. The number of halogens is 3. The van der Waals surface area contributed by atoms with Crippen LogP contribution in [0.5, 0.6) is 11.5 Å². The lowest BCUT2D eigenvalue weighted by atomic mass is 10.0. The number of anilines is 4. The van der Waals surface area contributed by atoms with Crippen LogP contribution in [0.4, 0.5) is 31.8 Å². The average molecular weight is 1000 g/mol. The van der Waals surface area contributed by atoms with Crippen LogP contribution in [0.3, 0.4) is 0 Å². The van der Waals surface area contributed by atoms with Gasteiger partial charge in [-0.3, -0.25) is 9.59 Å². The molecule has 0 amide bonds. The zero-order valence-corrected chi connectivity index (χ0v) is 41.8. The zero-order chi connectivity index (χ0) is 50.5. The molecule has 4 heterocycles. The van der Waals surface area contributed by atoms with Crippen LogP contribution in [0, 0.1) is 54.1 Å². The first-order valence-corrected chi connectivity index (χ1v) is 24.6. The SMILES string of the molecule is CN(C)C/C=C/C(=O)Cc1cc2c(Nc3ccc(F)c(Cl)c3)ncnc2cc1OCC1[C@H]2COC[C@@H]12.Cc1cc(Nc2ncnc3cc(OCC4[C@H]5COC[C@@H]45)c(CC(=O)/C=C/CN(C)C)cc23)ccc1F. The highest BCUT2D eigenvalue weighted by molar-refractivity contribution is 6.31. The Bertz CT molecular complexity index is 2810. The van der Waals surface area contributed by atoms with Crippen molar-refractivity contribution in [3.8, 4) is 11.5 Å². The molecular weight excluding hydrogens is 942 g/mol. The van der Waals surface area contributed by atoms with Crippen LogP contribution < -0.4 is 20.1 Å². The fourth-order valence-corrected chi connectivity index (χ4v) is 9.62. The van der Waals surface area contributed by atoms with E-state index in [4.69, 9.17) is 30.5 Å². The van der Waals surface area contributed by atoms with Crippen LogP contribution >= 0.6 is 11.6 Å². The van der Waals surface area contributed by atoms with E-state index < -0.39 is 5.82 Å². The summed E-state index contributed by atoms with van der Waals surface area (Å²) in [4.78, 5) is 47.2. The number of ether oxygens (including phenoxy) is 4. The zero-order valence-electron chi connectivity index (χ0n) is 41.0. The van der Waals surface area contributed by atoms with Gasteiger partial charge in [-0.2, -0.15) is 0 Å². The van der Waals surface area contributed by atoms with Crippen LogP contribution in [0.15, 0.2) is 97.6 Å². The van der Waals surface area contributed by atoms with Crippen molar-refractivity contribution in [2.45, 2.75) is 19.8 Å². The number of rotatable bonds is 20. The lowest BCUT2D eigenvalue weighted by molar-refractivity contribution is -0.114. The fraction of sp³-hybridized carbons (Fsp3) is 0.382. The highest BCUT2D eigenvalue weighted by Gasteiger charge is 2.55. The molecule has 2 saturated heterocycles. The minimum absolute atomic E-state index is 0.00161. The molecule has 6 atom stereocenters. The number of likely N-dealkylation sites (N-methyl/N-ethyl adjacent to an activating group) is 2. The molecule has 2 N–H and O–H groups in total. The summed E-state index contributed by atoms with van der Waals surface area (Å²) in [7, 11) is 7.81. The molecule has 10 rings (SSSR count). The van der Waals surface area contributed by atoms with Crippen LogP contribution in [0.2, 0.25) is 5.02 Å². The van der Waals surface area contributed by atoms with Gasteiger partial charge in [0.2, 0.25) is 0 Å². The highest BCUT2D eigenvalue weighted by atomic mass is 35.5. The molecule has 4 aromatic carbocycles. The van der Waals surface area contributed by atoms with Gasteiger partial charge in [-0.05, 0) is 125 Å². The molecule has 0 spiro atoms. The third kappa shape index (κ3) is 12.4. The Balaban J connectivity index is 0.000000178. The van der Waals surface area contributed by atoms with E-state index in [1.807, 2.05) is 74.4 Å². The molecule has 2 aromatic heterocycles. The monoisotopic (exact) mass is 1000 g/mol. The van der Waals surface area contributed by atoms with E-state index in [2.05, 4.69) is 30.6 Å². The molecule has 4 aliphatic rings. The van der Waals surface area contributed by atoms with E-state index in [0.717, 1.165) is 54.0 Å². The van der Waals surface area contributed by atoms with Crippen molar-refractivity contribution in [3.63, 3.8) is 0 Å². The minimum atomic E-state index is -0.494. The number of benzene rings is 4. The summed E-state index contributed by atoms with van der Waals surface area (Å²) < 4.78 is 50.9. The normalized spacial score (nSPS) is 20.8. The number of hydrogen-bond acceptors (Lipinski definition) is 14. The van der Waals surface area contributed by atoms with Gasteiger partial charge >= 0.3 is 0 Å². The predicted molar refractivity (Wildman–Crippen MR) is 275 cm³/mol. The summed E-state index contributed by atoms with van der Waals surface area (Å²) in [5, 5.41) is 7.96. The Morgan fingerprint density at radius 1 is 0.653 bits per heavy atom. The number of fused-ring (bicyclic) bond motifs is 4. The van der Waals surface area contributed by atoms with Gasteiger partial charge in [0, 0.05) is 83.2 Å². The first kappa shape index (κ1) is 50.5. The van der Waals surface area contributed by atoms with Crippen LogP contribution in [-0.4, -0.2) is 122 Å². The van der Waals surface area contributed by atoms with Crippen LogP contribution in [0.25, 0.3) is 21.8 Å². The molecule has 4 fully saturated rings. The molecule has 14 nitrogen and oxygen atoms in total. The number of carbonyl (C=O) groups is 2. The van der Waals surface area contributed by atoms with Gasteiger partial charge in [0.1, 0.15) is 47.4 Å². The van der Waals surface area contributed by atoms with Crippen LogP contribution in [-0.2, 0) is 31.9 Å². The largest absolute Gasteiger partial charge is 0.493 e. The molecule has 376 valence electrons. The minimum Gasteiger partial charge on any atom is -0.493 e. The van der Waals surface area contributed by atoms with E-state index in [-0.39, 0.29) is 35.2 Å². The van der Waals surface area contributed by atoms with Gasteiger partial charge in [0.15, 0.2) is 11.6 Å². The van der Waals surface area contributed by atoms with E-state index >= 15 is 0 Å². The number of aromatic nitrogens is 4. The Morgan fingerprint density at radius 2 is 1.10 bits per heavy atom. The number of nitrogens with zero attached hydrogens (tertiary/aromatic N) is 6. The van der Waals surface area contributed by atoms with Gasteiger partial charge < -0.3 is 39.4 Å². The molecule has 72 heavy (non-hydrogen) atoms. The average Bonchev–Trinajstić information content (AvgIpc) is 3.96. The first-order valence-electron chi connectivity index (χ1n) is 24.2. The third-order valence-corrected chi connectivity index (χ3v) is 13.9. The summed E-state index contributed by atoms with van der Waals surface area (Å²) in [6, 6.07) is 16.8. The van der Waals surface area contributed by atoms with Gasteiger partial charge in [0.05, 0.1) is 55.7 Å². The first-order chi connectivity index (χ1) is 34.8. The number of hydrogen-bond donors (Lipinski definition) is 2. The second-order valence-electron chi connectivity index (χ2n) is 19.5. The van der Waals surface area contributed by atoms with Gasteiger partial charge in [-0.1, -0.05) is 23.8 Å². The smallest absolute Gasteiger partial charge is 0.159 e. The maximum atomic E-state index is 13.7. The van der Waals surface area contributed by atoms with Gasteiger partial charge in [-0.15, -0.1) is 0 Å². The summed E-state index contributed by atoms with van der Waals surface area (Å²) in [6.45, 7) is 7.50. The van der Waals surface area contributed by atoms with E-state index in [1.165, 1.54) is 30.9 Å². The molecule has 0 bridgehead atoms. The van der Waals surface area contributed by atoms with Crippen molar-refractivity contribution in [1.82, 2.24) is 29.7 Å². The summed E-state index contributed by atoms with van der Waals surface area (Å²) in [5.74, 6) is 4.97. The fourth-order valence-electron chi connectivity index (χ4n) is 9.44. The van der Waals surface area contributed by atoms with Gasteiger partial charge in [-0.25, -0.2) is 28.7 Å². The lowest BCUT2D eigenvalue weighted by Gasteiger charge is -2.15. The van der Waals surface area contributed by atoms with E-state index in [0.29, 0.717) is 107 Å². The number of aryl methyl sites for hydroxylation is 1. The van der Waals surface area contributed by atoms with Crippen LogP contribution in [0.1, 0.15) is 16.7 Å². The molecule has 0 radical (unpaired) electrons. The van der Waals surface area contributed by atoms with Gasteiger partial charge in [0.25, 0.3) is 0 Å². The maximum absolute atomic E-state index is 13.7. The molecule has 2 aliphatic carbocycles. The molecular formula is C55H59ClF2N8O6. The van der Waals surface area contributed by atoms with Crippen molar-refractivity contribution in [1.29, 1.82) is 0 Å². The highest BCUT2D eigenvalue weighted by Crippen LogP contribution is 2.52. The molecule has 17 heteroatoms. The molecule has 2 aliphatic heterocycles. The number of nitrogens with one attached hydrogen (secondary N) is 2. The van der Waals surface area contributed by atoms with Crippen molar-refractivity contribution in [2.24, 2.45) is 35.5 Å². The molecule has 2 saturated carbocycles. The third-order valence-electron chi connectivity index (χ3n) is 13.6. The van der Waals surface area contributed by atoms with E-state index in [9.17, 15) is 18.4 Å². The van der Waals surface area contributed by atoms with Crippen molar-refractivity contribution in [3.05, 3.63) is 131 Å². The summed E-state index contributed by atoms with van der Waals surface area (Å²) in [5.41, 5.74) is 4.79. The molecule has 6 aromatic rings. The summed E-state index contributed by atoms with van der Waals surface area (Å²) >= 11 is 5.94. The van der Waals surface area contributed by atoms with E-state index in [1.54, 1.807) is 37.3 Å². The molecule has 2 unspecified atom stereocenters. The van der Waals surface area contributed by atoms with Crippen molar-refractivity contribution >= 4 is 68.0 Å². The Kier molecular flexibility index (Phi) is 15.8. The standard InChI is InChI=1S/C28H31FN4O3.C27H28ClFN4O3/c1-17-9-19(6-7-25(17)29)32-28-21-11-18(10-20(34)5-4-8-33(2)3)27(12-26(21)30-16-31-28)36-15-24-22-13-35-14-23(22)24;1-33(2)7-3-4-18(34)8-16-9-19-25(11-26(16)36-14-22-20-12-35-13-21(20)22)30-15-31-27(19)32-17-5-6-24(29)23(28)10-17/h4-7,9,11-12,16,22-24H,8,10,13-15H2,1-3H3,(H,30,31,32);3-6,9-11,15,20-22H,7-8,12-14H2,1-2H3,(H,30,31,32)/b5-4+;4-3+/t22-,23+,24?;20-,21+,22?. The van der Waals surface area contributed by atoms with Crippen molar-refractivity contribution in [2.75, 3.05) is 91.6 Å². The number of ketones is 2. The number of carbonyl (C=O) groups excluding carboxylic acids is 2. The lowest BCUT2D eigenvalue weighted by Crippen LogP contribution is -2.12. The Hall–Kier alpha value is -6.43. The quantitative estimate of drug-likeness (QED) is 0.0700. The summed E-state index contributed by atoms with van der Waals surface area (Å²) in [6.07, 6.45) is 10.3. The second-order valence-corrected chi connectivity index (χ2v) is 19.9.